The fourth-order valence-electron chi connectivity index (χ4n) is 3.12. The summed E-state index contributed by atoms with van der Waals surface area (Å²) in [5.41, 5.74) is 0.867. The first-order valence-corrected chi connectivity index (χ1v) is 10.2. The van der Waals surface area contributed by atoms with Crippen LogP contribution in [0.15, 0.2) is 30.5 Å². The van der Waals surface area contributed by atoms with Crippen molar-refractivity contribution in [3.8, 4) is 0 Å². The van der Waals surface area contributed by atoms with Gasteiger partial charge in [-0.05, 0) is 18.1 Å². The standard InChI is InChI=1S/C22H31N3O6/c1-22(2,13-26)19(28)20(29)23-10-6-9-18(27)25-17(21(30)31-3)11-14-12-24-16-8-5-4-7-15(14)16/h4-5,7-8,12,17,19,24,26,28H,6,9-11,13H2,1-3H3,(H,23,29)(H,25,27)/t17-,19-/m0/s1. The van der Waals surface area contributed by atoms with E-state index in [1.54, 1.807) is 13.8 Å². The summed E-state index contributed by atoms with van der Waals surface area (Å²) in [6.45, 7) is 2.99. The highest BCUT2D eigenvalue weighted by Gasteiger charge is 2.32. The molecule has 1 heterocycles. The van der Waals surface area contributed by atoms with E-state index in [9.17, 15) is 24.6 Å². The number of hydrogen-bond acceptors (Lipinski definition) is 6. The zero-order chi connectivity index (χ0) is 23.0. The number of ether oxygens (including phenoxy) is 1. The van der Waals surface area contributed by atoms with Crippen molar-refractivity contribution in [2.45, 2.75) is 45.3 Å². The molecule has 0 spiro atoms. The molecule has 0 aliphatic carbocycles. The number of amides is 2. The third kappa shape index (κ3) is 6.53. The molecule has 2 amide bonds. The van der Waals surface area contributed by atoms with Crippen molar-refractivity contribution < 1.29 is 29.3 Å². The molecule has 0 fully saturated rings. The predicted molar refractivity (Wildman–Crippen MR) is 115 cm³/mol. The zero-order valence-corrected chi connectivity index (χ0v) is 18.1. The minimum absolute atomic E-state index is 0.0845. The molecule has 0 radical (unpaired) electrons. The summed E-state index contributed by atoms with van der Waals surface area (Å²) in [5, 5.41) is 25.4. The van der Waals surface area contributed by atoms with Crippen LogP contribution in [0, 0.1) is 5.41 Å². The van der Waals surface area contributed by atoms with Gasteiger partial charge in [0.2, 0.25) is 11.8 Å². The lowest BCUT2D eigenvalue weighted by molar-refractivity contribution is -0.145. The summed E-state index contributed by atoms with van der Waals surface area (Å²) in [7, 11) is 1.27. The number of aromatic nitrogens is 1. The van der Waals surface area contributed by atoms with Gasteiger partial charge in [-0.1, -0.05) is 32.0 Å². The van der Waals surface area contributed by atoms with Crippen molar-refractivity contribution in [2.24, 2.45) is 5.41 Å². The van der Waals surface area contributed by atoms with Crippen molar-refractivity contribution in [2.75, 3.05) is 20.3 Å². The zero-order valence-electron chi connectivity index (χ0n) is 18.1. The summed E-state index contributed by atoms with van der Waals surface area (Å²) in [6.07, 6.45) is 1.14. The minimum atomic E-state index is -1.36. The maximum absolute atomic E-state index is 12.3. The van der Waals surface area contributed by atoms with E-state index < -0.39 is 29.4 Å². The molecule has 0 saturated carbocycles. The van der Waals surface area contributed by atoms with E-state index in [2.05, 4.69) is 15.6 Å². The predicted octanol–water partition coefficient (Wildman–Crippen LogP) is 0.644. The van der Waals surface area contributed by atoms with E-state index in [1.165, 1.54) is 7.11 Å². The Morgan fingerprint density at radius 3 is 2.61 bits per heavy atom. The van der Waals surface area contributed by atoms with Gasteiger partial charge in [-0.25, -0.2) is 4.79 Å². The van der Waals surface area contributed by atoms with Crippen LogP contribution in [0.25, 0.3) is 10.9 Å². The van der Waals surface area contributed by atoms with Crippen molar-refractivity contribution in [3.05, 3.63) is 36.0 Å². The number of aromatic amines is 1. The van der Waals surface area contributed by atoms with E-state index in [0.717, 1.165) is 16.5 Å². The third-order valence-electron chi connectivity index (χ3n) is 5.20. The number of carbonyl (C=O) groups is 3. The molecule has 31 heavy (non-hydrogen) atoms. The van der Waals surface area contributed by atoms with Gasteiger partial charge in [-0.15, -0.1) is 0 Å². The normalized spacial score (nSPS) is 13.5. The summed E-state index contributed by atoms with van der Waals surface area (Å²) in [4.78, 5) is 39.6. The Labute approximate surface area is 181 Å². The number of fused-ring (bicyclic) bond motifs is 1. The molecule has 2 rings (SSSR count). The number of H-pyrrole nitrogens is 1. The molecule has 0 bridgehead atoms. The second-order valence-electron chi connectivity index (χ2n) is 8.15. The maximum atomic E-state index is 12.3. The smallest absolute Gasteiger partial charge is 0.328 e. The first-order chi connectivity index (χ1) is 14.7. The molecule has 9 nitrogen and oxygen atoms in total. The number of methoxy groups -OCH3 is 1. The number of hydrogen-bond donors (Lipinski definition) is 5. The van der Waals surface area contributed by atoms with Crippen molar-refractivity contribution >= 4 is 28.7 Å². The number of nitrogens with one attached hydrogen (secondary N) is 3. The van der Waals surface area contributed by atoms with Gasteiger partial charge in [-0.2, -0.15) is 0 Å². The van der Waals surface area contributed by atoms with E-state index in [1.807, 2.05) is 30.5 Å². The van der Waals surface area contributed by atoms with Gasteiger partial charge in [-0.3, -0.25) is 9.59 Å². The van der Waals surface area contributed by atoms with Crippen LogP contribution < -0.4 is 10.6 Å². The number of esters is 1. The van der Waals surface area contributed by atoms with Crippen LogP contribution in [0.4, 0.5) is 0 Å². The number of benzene rings is 1. The molecule has 0 aliphatic heterocycles. The van der Waals surface area contributed by atoms with E-state index in [4.69, 9.17) is 4.74 Å². The molecule has 170 valence electrons. The molecular formula is C22H31N3O6. The van der Waals surface area contributed by atoms with E-state index in [0.29, 0.717) is 6.42 Å². The fourth-order valence-corrected chi connectivity index (χ4v) is 3.12. The summed E-state index contributed by atoms with van der Waals surface area (Å²) in [5.74, 6) is -1.49. The van der Waals surface area contributed by atoms with E-state index >= 15 is 0 Å². The lowest BCUT2D eigenvalue weighted by Gasteiger charge is -2.27. The number of rotatable bonds is 11. The number of aliphatic hydroxyl groups excluding tert-OH is 2. The highest BCUT2D eigenvalue weighted by atomic mass is 16.5. The summed E-state index contributed by atoms with van der Waals surface area (Å²) in [6, 6.07) is 6.84. The monoisotopic (exact) mass is 433 g/mol. The lowest BCUT2D eigenvalue weighted by Crippen LogP contribution is -2.46. The Kier molecular flexibility index (Phi) is 8.58. The molecule has 5 N–H and O–H groups in total. The molecule has 0 saturated heterocycles. The Hall–Kier alpha value is -2.91. The second kappa shape index (κ2) is 10.9. The maximum Gasteiger partial charge on any atom is 0.328 e. The average molecular weight is 434 g/mol. The topological polar surface area (TPSA) is 141 Å². The molecule has 1 aromatic heterocycles. The molecule has 2 atom stereocenters. The van der Waals surface area contributed by atoms with Crippen LogP contribution in [0.3, 0.4) is 0 Å². The highest BCUT2D eigenvalue weighted by Crippen LogP contribution is 2.20. The van der Waals surface area contributed by atoms with Crippen LogP contribution >= 0.6 is 0 Å². The number of carbonyl (C=O) groups excluding carboxylic acids is 3. The van der Waals surface area contributed by atoms with Crippen LogP contribution in [0.1, 0.15) is 32.3 Å². The van der Waals surface area contributed by atoms with Crippen LogP contribution in [0.2, 0.25) is 0 Å². The van der Waals surface area contributed by atoms with Gasteiger partial charge in [0.1, 0.15) is 12.1 Å². The van der Waals surface area contributed by atoms with Crippen molar-refractivity contribution in [1.29, 1.82) is 0 Å². The van der Waals surface area contributed by atoms with E-state index in [-0.39, 0.29) is 31.9 Å². The Balaban J connectivity index is 1.86. The first-order valence-electron chi connectivity index (χ1n) is 10.2. The SMILES string of the molecule is COC(=O)[C@H](Cc1c[nH]c2ccccc12)NC(=O)CCCNC(=O)[C@H](O)C(C)(C)CO. The number of para-hydroxylation sites is 1. The van der Waals surface area contributed by atoms with Crippen LogP contribution in [-0.4, -0.2) is 65.4 Å². The van der Waals surface area contributed by atoms with Gasteiger partial charge < -0.3 is 30.6 Å². The highest BCUT2D eigenvalue weighted by molar-refractivity contribution is 5.87. The molecule has 0 aliphatic rings. The Morgan fingerprint density at radius 1 is 1.23 bits per heavy atom. The summed E-state index contributed by atoms with van der Waals surface area (Å²) < 4.78 is 4.83. The largest absolute Gasteiger partial charge is 0.467 e. The first kappa shape index (κ1) is 24.4. The fraction of sp³-hybridized carbons (Fsp3) is 0.500. The summed E-state index contributed by atoms with van der Waals surface area (Å²) >= 11 is 0. The molecule has 1 aromatic carbocycles. The van der Waals surface area contributed by atoms with Crippen molar-refractivity contribution in [3.63, 3.8) is 0 Å². The Bertz CT molecular complexity index is 908. The van der Waals surface area contributed by atoms with Gasteiger partial charge in [0.05, 0.1) is 13.7 Å². The number of aliphatic hydroxyl groups is 2. The van der Waals surface area contributed by atoms with Crippen LogP contribution in [0.5, 0.6) is 0 Å². The molecule has 0 unspecified atom stereocenters. The molecule has 2 aromatic rings. The average Bonchev–Trinajstić information content (AvgIpc) is 3.17. The van der Waals surface area contributed by atoms with Gasteiger partial charge in [0.25, 0.3) is 0 Å². The molecular weight excluding hydrogens is 402 g/mol. The molecule has 9 heteroatoms. The second-order valence-corrected chi connectivity index (χ2v) is 8.15. The van der Waals surface area contributed by atoms with Crippen LogP contribution in [-0.2, 0) is 25.5 Å². The third-order valence-corrected chi connectivity index (χ3v) is 5.20. The van der Waals surface area contributed by atoms with Gasteiger partial charge in [0, 0.05) is 41.9 Å². The minimum Gasteiger partial charge on any atom is -0.467 e. The Morgan fingerprint density at radius 2 is 1.94 bits per heavy atom. The quantitative estimate of drug-likeness (QED) is 0.260. The van der Waals surface area contributed by atoms with Gasteiger partial charge in [0.15, 0.2) is 0 Å². The van der Waals surface area contributed by atoms with Gasteiger partial charge >= 0.3 is 5.97 Å². The van der Waals surface area contributed by atoms with Crippen molar-refractivity contribution in [1.82, 2.24) is 15.6 Å². The lowest BCUT2D eigenvalue weighted by atomic mass is 9.87.